The minimum Gasteiger partial charge on any atom is -0.444 e. The molecule has 2 heterocycles. The smallest absolute Gasteiger partial charge is 0.410 e. The van der Waals surface area contributed by atoms with E-state index in [1.54, 1.807) is 0 Å². The molecule has 0 radical (unpaired) electrons. The Hall–Kier alpha value is -0.850. The van der Waals surface area contributed by atoms with Gasteiger partial charge >= 0.3 is 6.09 Å². The van der Waals surface area contributed by atoms with Gasteiger partial charge in [-0.2, -0.15) is 0 Å². The first-order valence-corrected chi connectivity index (χ1v) is 9.02. The maximum Gasteiger partial charge on any atom is 0.410 e. The molecule has 0 unspecified atom stereocenters. The number of amides is 1. The second-order valence-corrected chi connectivity index (χ2v) is 7.58. The molecular weight excluding hydrogens is 292 g/mol. The number of carbonyl (C=O) groups is 1. The van der Waals surface area contributed by atoms with Crippen molar-refractivity contribution in [1.82, 2.24) is 19.6 Å². The quantitative estimate of drug-likeness (QED) is 0.776. The van der Waals surface area contributed by atoms with Crippen LogP contribution in [0.1, 0.15) is 27.7 Å². The van der Waals surface area contributed by atoms with Gasteiger partial charge in [-0.15, -0.1) is 0 Å². The zero-order valence-electron chi connectivity index (χ0n) is 15.4. The number of nitrogens with zero attached hydrogens (tertiary/aromatic N) is 4. The van der Waals surface area contributed by atoms with Crippen LogP contribution in [0.3, 0.4) is 0 Å². The standard InChI is InChI=1S/C17H34N4O2/c1-5-18-6-8-19(9-7-18)10-11-20-12-14-21(15-13-20)16(22)23-17(2,3)4/h5-15H2,1-4H3. The molecule has 2 aliphatic heterocycles. The van der Waals surface area contributed by atoms with Crippen LogP contribution in [0.15, 0.2) is 0 Å². The van der Waals surface area contributed by atoms with Crippen LogP contribution in [-0.4, -0.2) is 103 Å². The summed E-state index contributed by atoms with van der Waals surface area (Å²) in [5.41, 5.74) is -0.408. The number of hydrogen-bond acceptors (Lipinski definition) is 5. The lowest BCUT2D eigenvalue weighted by molar-refractivity contribution is 0.0134. The van der Waals surface area contributed by atoms with Crippen LogP contribution in [0.5, 0.6) is 0 Å². The molecule has 1 amide bonds. The highest BCUT2D eigenvalue weighted by Gasteiger charge is 2.26. The van der Waals surface area contributed by atoms with E-state index in [2.05, 4.69) is 21.6 Å². The molecule has 2 fully saturated rings. The van der Waals surface area contributed by atoms with Gasteiger partial charge in [-0.1, -0.05) is 6.92 Å². The van der Waals surface area contributed by atoms with Crippen molar-refractivity contribution >= 4 is 6.09 Å². The van der Waals surface area contributed by atoms with Crippen molar-refractivity contribution in [3.05, 3.63) is 0 Å². The van der Waals surface area contributed by atoms with Gasteiger partial charge in [-0.3, -0.25) is 9.80 Å². The molecule has 6 heteroatoms. The summed E-state index contributed by atoms with van der Waals surface area (Å²) in [4.78, 5) is 21.4. The SMILES string of the molecule is CCN1CCN(CCN2CCN(C(=O)OC(C)(C)C)CC2)CC1. The summed E-state index contributed by atoms with van der Waals surface area (Å²) in [5.74, 6) is 0. The van der Waals surface area contributed by atoms with Crippen LogP contribution in [0.4, 0.5) is 4.79 Å². The van der Waals surface area contributed by atoms with Crippen LogP contribution in [0, 0.1) is 0 Å². The summed E-state index contributed by atoms with van der Waals surface area (Å²) in [6.45, 7) is 19.6. The Morgan fingerprint density at radius 1 is 0.826 bits per heavy atom. The lowest BCUT2D eigenvalue weighted by Crippen LogP contribution is -2.52. The third-order valence-electron chi connectivity index (χ3n) is 4.67. The highest BCUT2D eigenvalue weighted by atomic mass is 16.6. The van der Waals surface area contributed by atoms with E-state index < -0.39 is 5.60 Å². The number of hydrogen-bond donors (Lipinski definition) is 0. The monoisotopic (exact) mass is 326 g/mol. The van der Waals surface area contributed by atoms with Gasteiger partial charge in [-0.05, 0) is 27.3 Å². The average molecular weight is 326 g/mol. The normalized spacial score (nSPS) is 22.3. The van der Waals surface area contributed by atoms with E-state index in [9.17, 15) is 4.79 Å². The van der Waals surface area contributed by atoms with Crippen molar-refractivity contribution < 1.29 is 9.53 Å². The molecule has 2 saturated heterocycles. The zero-order chi connectivity index (χ0) is 16.9. The van der Waals surface area contributed by atoms with E-state index in [1.165, 1.54) is 32.7 Å². The predicted molar refractivity (Wildman–Crippen MR) is 92.8 cm³/mol. The van der Waals surface area contributed by atoms with Crippen LogP contribution >= 0.6 is 0 Å². The molecule has 2 aliphatic rings. The Morgan fingerprint density at radius 2 is 1.26 bits per heavy atom. The maximum absolute atomic E-state index is 12.1. The molecule has 0 aromatic rings. The highest BCUT2D eigenvalue weighted by molar-refractivity contribution is 5.68. The summed E-state index contributed by atoms with van der Waals surface area (Å²) in [6.07, 6.45) is -0.173. The predicted octanol–water partition coefficient (Wildman–Crippen LogP) is 1.18. The Bertz CT molecular complexity index is 367. The average Bonchev–Trinajstić information content (AvgIpc) is 2.52. The van der Waals surface area contributed by atoms with Crippen LogP contribution in [0.25, 0.3) is 0 Å². The summed E-state index contributed by atoms with van der Waals surface area (Å²) in [5, 5.41) is 0. The second kappa shape index (κ2) is 8.31. The van der Waals surface area contributed by atoms with Crippen molar-refractivity contribution in [2.24, 2.45) is 0 Å². The third-order valence-corrected chi connectivity index (χ3v) is 4.67. The van der Waals surface area contributed by atoms with Gasteiger partial charge < -0.3 is 14.5 Å². The fourth-order valence-electron chi connectivity index (χ4n) is 3.09. The Labute approximate surface area is 141 Å². The molecule has 0 aromatic carbocycles. The van der Waals surface area contributed by atoms with E-state index in [0.29, 0.717) is 0 Å². The summed E-state index contributed by atoms with van der Waals surface area (Å²) < 4.78 is 5.44. The molecule has 0 spiro atoms. The van der Waals surface area contributed by atoms with Crippen molar-refractivity contribution in [2.75, 3.05) is 72.0 Å². The van der Waals surface area contributed by atoms with E-state index in [-0.39, 0.29) is 6.09 Å². The Morgan fingerprint density at radius 3 is 1.70 bits per heavy atom. The lowest BCUT2D eigenvalue weighted by Gasteiger charge is -2.38. The fourth-order valence-corrected chi connectivity index (χ4v) is 3.09. The molecule has 0 N–H and O–H groups in total. The molecule has 0 aromatic heterocycles. The van der Waals surface area contributed by atoms with E-state index in [4.69, 9.17) is 4.74 Å². The van der Waals surface area contributed by atoms with Crippen LogP contribution < -0.4 is 0 Å². The number of ether oxygens (including phenoxy) is 1. The van der Waals surface area contributed by atoms with Gasteiger partial charge in [0.1, 0.15) is 5.60 Å². The Kier molecular flexibility index (Phi) is 6.68. The van der Waals surface area contributed by atoms with Gasteiger partial charge in [0.15, 0.2) is 0 Å². The third kappa shape index (κ3) is 6.28. The number of carbonyl (C=O) groups excluding carboxylic acids is 1. The van der Waals surface area contributed by atoms with Crippen molar-refractivity contribution in [3.8, 4) is 0 Å². The second-order valence-electron chi connectivity index (χ2n) is 7.58. The molecule has 0 atom stereocenters. The molecule has 2 rings (SSSR count). The minimum atomic E-state index is -0.408. The summed E-state index contributed by atoms with van der Waals surface area (Å²) in [6, 6.07) is 0. The zero-order valence-corrected chi connectivity index (χ0v) is 15.4. The first-order chi connectivity index (χ1) is 10.9. The van der Waals surface area contributed by atoms with Gasteiger partial charge in [0.25, 0.3) is 0 Å². The molecule has 6 nitrogen and oxygen atoms in total. The highest BCUT2D eigenvalue weighted by Crippen LogP contribution is 2.12. The molecule has 134 valence electrons. The first kappa shape index (κ1) is 18.5. The van der Waals surface area contributed by atoms with Crippen molar-refractivity contribution in [2.45, 2.75) is 33.3 Å². The van der Waals surface area contributed by atoms with Crippen molar-refractivity contribution in [3.63, 3.8) is 0 Å². The van der Waals surface area contributed by atoms with Crippen molar-refractivity contribution in [1.29, 1.82) is 0 Å². The fraction of sp³-hybridized carbons (Fsp3) is 0.941. The summed E-state index contributed by atoms with van der Waals surface area (Å²) >= 11 is 0. The summed E-state index contributed by atoms with van der Waals surface area (Å²) in [7, 11) is 0. The van der Waals surface area contributed by atoms with Crippen LogP contribution in [0.2, 0.25) is 0 Å². The van der Waals surface area contributed by atoms with E-state index in [0.717, 1.165) is 39.3 Å². The van der Waals surface area contributed by atoms with Gasteiger partial charge in [0.2, 0.25) is 0 Å². The van der Waals surface area contributed by atoms with E-state index >= 15 is 0 Å². The van der Waals surface area contributed by atoms with Crippen LogP contribution in [-0.2, 0) is 4.74 Å². The topological polar surface area (TPSA) is 39.3 Å². The van der Waals surface area contributed by atoms with Gasteiger partial charge in [-0.25, -0.2) is 4.79 Å². The molecule has 23 heavy (non-hydrogen) atoms. The molecule has 0 aliphatic carbocycles. The maximum atomic E-state index is 12.1. The molecule has 0 bridgehead atoms. The minimum absolute atomic E-state index is 0.173. The lowest BCUT2D eigenvalue weighted by atomic mass is 10.2. The van der Waals surface area contributed by atoms with Gasteiger partial charge in [0, 0.05) is 65.4 Å². The number of rotatable bonds is 4. The number of likely N-dealkylation sites (N-methyl/N-ethyl adjacent to an activating group) is 1. The largest absolute Gasteiger partial charge is 0.444 e. The van der Waals surface area contributed by atoms with Gasteiger partial charge in [0.05, 0.1) is 0 Å². The number of piperazine rings is 2. The van der Waals surface area contributed by atoms with E-state index in [1.807, 2.05) is 25.7 Å². The first-order valence-electron chi connectivity index (χ1n) is 9.02. The molecule has 0 saturated carbocycles. The Balaban J connectivity index is 1.62. The molecular formula is C17H34N4O2.